The standard InChI is InChI=1S/C16H18F2N2O/c1-2-11-5-4-8-20-14(11)9-19-10-15(21)16-12(17)6-3-7-13(16)18/h3-8,15,19,21H,2,9-10H2,1H3. The van der Waals surface area contributed by atoms with Gasteiger partial charge in [-0.1, -0.05) is 19.1 Å². The van der Waals surface area contributed by atoms with Crippen LogP contribution in [-0.2, 0) is 13.0 Å². The van der Waals surface area contributed by atoms with Gasteiger partial charge < -0.3 is 10.4 Å². The molecular weight excluding hydrogens is 274 g/mol. The molecule has 0 spiro atoms. The van der Waals surface area contributed by atoms with E-state index in [-0.39, 0.29) is 12.1 Å². The Labute approximate surface area is 122 Å². The average molecular weight is 292 g/mol. The normalized spacial score (nSPS) is 12.4. The van der Waals surface area contributed by atoms with Gasteiger partial charge in [-0.05, 0) is 30.2 Å². The monoisotopic (exact) mass is 292 g/mol. The Hall–Kier alpha value is -1.85. The van der Waals surface area contributed by atoms with E-state index in [0.717, 1.165) is 29.8 Å². The molecule has 2 rings (SSSR count). The second-order valence-electron chi connectivity index (χ2n) is 4.74. The van der Waals surface area contributed by atoms with Crippen LogP contribution in [-0.4, -0.2) is 16.6 Å². The number of pyridine rings is 1. The number of hydrogen-bond donors (Lipinski definition) is 2. The quantitative estimate of drug-likeness (QED) is 0.860. The van der Waals surface area contributed by atoms with Crippen molar-refractivity contribution in [1.82, 2.24) is 10.3 Å². The van der Waals surface area contributed by atoms with Gasteiger partial charge in [0.15, 0.2) is 0 Å². The maximum Gasteiger partial charge on any atom is 0.131 e. The lowest BCUT2D eigenvalue weighted by molar-refractivity contribution is 0.164. The number of rotatable bonds is 6. The Bertz CT molecular complexity index is 584. The molecule has 1 atom stereocenters. The van der Waals surface area contributed by atoms with E-state index in [0.29, 0.717) is 6.54 Å². The highest BCUT2D eigenvalue weighted by Crippen LogP contribution is 2.20. The van der Waals surface area contributed by atoms with Crippen LogP contribution >= 0.6 is 0 Å². The Morgan fingerprint density at radius 1 is 1.19 bits per heavy atom. The molecule has 21 heavy (non-hydrogen) atoms. The van der Waals surface area contributed by atoms with E-state index in [4.69, 9.17) is 0 Å². The first-order valence-corrected chi connectivity index (χ1v) is 6.89. The number of aliphatic hydroxyl groups excluding tert-OH is 1. The van der Waals surface area contributed by atoms with E-state index in [1.165, 1.54) is 6.07 Å². The van der Waals surface area contributed by atoms with Crippen LogP contribution in [0.4, 0.5) is 8.78 Å². The molecular formula is C16H18F2N2O. The summed E-state index contributed by atoms with van der Waals surface area (Å²) in [4.78, 5) is 4.26. The predicted molar refractivity (Wildman–Crippen MR) is 76.6 cm³/mol. The molecule has 3 nitrogen and oxygen atoms in total. The van der Waals surface area contributed by atoms with Crippen molar-refractivity contribution < 1.29 is 13.9 Å². The van der Waals surface area contributed by atoms with Crippen LogP contribution in [0.2, 0.25) is 0 Å². The lowest BCUT2D eigenvalue weighted by Gasteiger charge is -2.14. The van der Waals surface area contributed by atoms with Gasteiger partial charge in [0.2, 0.25) is 0 Å². The van der Waals surface area contributed by atoms with Gasteiger partial charge in [-0.15, -0.1) is 0 Å². The van der Waals surface area contributed by atoms with Crippen LogP contribution in [0, 0.1) is 11.6 Å². The van der Waals surface area contributed by atoms with Gasteiger partial charge in [0.25, 0.3) is 0 Å². The Morgan fingerprint density at radius 3 is 2.57 bits per heavy atom. The lowest BCUT2D eigenvalue weighted by atomic mass is 10.1. The molecule has 2 aromatic rings. The first kappa shape index (κ1) is 15.5. The molecule has 1 aromatic carbocycles. The number of aryl methyl sites for hydroxylation is 1. The summed E-state index contributed by atoms with van der Waals surface area (Å²) >= 11 is 0. The van der Waals surface area contributed by atoms with Gasteiger partial charge in [-0.25, -0.2) is 8.78 Å². The Balaban J connectivity index is 1.97. The van der Waals surface area contributed by atoms with Crippen LogP contribution in [0.1, 0.15) is 29.8 Å². The lowest BCUT2D eigenvalue weighted by Crippen LogP contribution is -2.23. The summed E-state index contributed by atoms with van der Waals surface area (Å²) in [5, 5.41) is 12.9. The maximum absolute atomic E-state index is 13.5. The van der Waals surface area contributed by atoms with E-state index in [2.05, 4.69) is 10.3 Å². The molecule has 0 aliphatic carbocycles. The first-order chi connectivity index (χ1) is 10.1. The molecule has 0 aliphatic rings. The zero-order valence-electron chi connectivity index (χ0n) is 11.8. The van der Waals surface area contributed by atoms with Gasteiger partial charge in [-0.3, -0.25) is 4.98 Å². The molecule has 1 heterocycles. The zero-order valence-corrected chi connectivity index (χ0v) is 11.8. The minimum atomic E-state index is -1.24. The number of aromatic nitrogens is 1. The van der Waals surface area contributed by atoms with E-state index < -0.39 is 17.7 Å². The van der Waals surface area contributed by atoms with E-state index in [9.17, 15) is 13.9 Å². The van der Waals surface area contributed by atoms with Crippen molar-refractivity contribution in [2.45, 2.75) is 26.0 Å². The van der Waals surface area contributed by atoms with Gasteiger partial charge in [-0.2, -0.15) is 0 Å². The molecule has 0 fully saturated rings. The SMILES string of the molecule is CCc1cccnc1CNCC(O)c1c(F)cccc1F. The van der Waals surface area contributed by atoms with Crippen molar-refractivity contribution in [3.05, 3.63) is 65.0 Å². The summed E-state index contributed by atoms with van der Waals surface area (Å²) in [6, 6.07) is 7.39. The third kappa shape index (κ3) is 3.83. The third-order valence-corrected chi connectivity index (χ3v) is 3.33. The number of halogens is 2. The highest BCUT2D eigenvalue weighted by atomic mass is 19.1. The molecule has 2 N–H and O–H groups in total. The summed E-state index contributed by atoms with van der Waals surface area (Å²) in [5.74, 6) is -1.48. The second-order valence-corrected chi connectivity index (χ2v) is 4.74. The van der Waals surface area contributed by atoms with E-state index >= 15 is 0 Å². The van der Waals surface area contributed by atoms with E-state index in [1.54, 1.807) is 6.20 Å². The van der Waals surface area contributed by atoms with Crippen LogP contribution in [0.5, 0.6) is 0 Å². The Morgan fingerprint density at radius 2 is 1.90 bits per heavy atom. The number of aliphatic hydroxyl groups is 1. The molecule has 0 amide bonds. The van der Waals surface area contributed by atoms with Crippen molar-refractivity contribution in [2.75, 3.05) is 6.54 Å². The summed E-state index contributed by atoms with van der Waals surface area (Å²) in [7, 11) is 0. The average Bonchev–Trinajstić information content (AvgIpc) is 2.47. The fourth-order valence-electron chi connectivity index (χ4n) is 2.21. The van der Waals surface area contributed by atoms with Gasteiger partial charge in [0, 0.05) is 19.3 Å². The van der Waals surface area contributed by atoms with Crippen LogP contribution in [0.25, 0.3) is 0 Å². The van der Waals surface area contributed by atoms with E-state index in [1.807, 2.05) is 19.1 Å². The summed E-state index contributed by atoms with van der Waals surface area (Å²) in [6.45, 7) is 2.53. The number of nitrogens with zero attached hydrogens (tertiary/aromatic N) is 1. The van der Waals surface area contributed by atoms with Crippen molar-refractivity contribution in [1.29, 1.82) is 0 Å². The molecule has 0 bridgehead atoms. The van der Waals surface area contributed by atoms with Gasteiger partial charge in [0.05, 0.1) is 17.4 Å². The summed E-state index contributed by atoms with van der Waals surface area (Å²) < 4.78 is 27.1. The second kappa shape index (κ2) is 7.24. The topological polar surface area (TPSA) is 45.2 Å². The molecule has 0 radical (unpaired) electrons. The smallest absolute Gasteiger partial charge is 0.131 e. The molecule has 5 heteroatoms. The van der Waals surface area contributed by atoms with Crippen molar-refractivity contribution in [2.24, 2.45) is 0 Å². The van der Waals surface area contributed by atoms with Crippen molar-refractivity contribution >= 4 is 0 Å². The minimum absolute atomic E-state index is 0.0532. The van der Waals surface area contributed by atoms with Crippen molar-refractivity contribution in [3.8, 4) is 0 Å². The van der Waals surface area contributed by atoms with Gasteiger partial charge in [0.1, 0.15) is 11.6 Å². The molecule has 1 unspecified atom stereocenters. The highest BCUT2D eigenvalue weighted by molar-refractivity contribution is 5.23. The minimum Gasteiger partial charge on any atom is -0.387 e. The highest BCUT2D eigenvalue weighted by Gasteiger charge is 2.17. The number of benzene rings is 1. The third-order valence-electron chi connectivity index (χ3n) is 3.33. The van der Waals surface area contributed by atoms with Crippen LogP contribution in [0.3, 0.4) is 0 Å². The molecule has 0 saturated carbocycles. The van der Waals surface area contributed by atoms with Gasteiger partial charge >= 0.3 is 0 Å². The molecule has 0 saturated heterocycles. The number of nitrogens with one attached hydrogen (secondary N) is 1. The Kier molecular flexibility index (Phi) is 5.36. The van der Waals surface area contributed by atoms with Crippen LogP contribution < -0.4 is 5.32 Å². The first-order valence-electron chi connectivity index (χ1n) is 6.89. The zero-order chi connectivity index (χ0) is 15.2. The molecule has 112 valence electrons. The van der Waals surface area contributed by atoms with Crippen LogP contribution in [0.15, 0.2) is 36.5 Å². The largest absolute Gasteiger partial charge is 0.387 e. The fourth-order valence-corrected chi connectivity index (χ4v) is 2.21. The number of hydrogen-bond acceptors (Lipinski definition) is 3. The summed E-state index contributed by atoms with van der Waals surface area (Å²) in [5.41, 5.74) is 1.68. The van der Waals surface area contributed by atoms with Crippen molar-refractivity contribution in [3.63, 3.8) is 0 Å². The maximum atomic E-state index is 13.5. The predicted octanol–water partition coefficient (Wildman–Crippen LogP) is 2.75. The fraction of sp³-hybridized carbons (Fsp3) is 0.312. The molecule has 1 aromatic heterocycles. The summed E-state index contributed by atoms with van der Waals surface area (Å²) in [6.07, 6.45) is 1.32. The molecule has 0 aliphatic heterocycles.